The van der Waals surface area contributed by atoms with Crippen LogP contribution in [0.4, 0.5) is 5.69 Å². The van der Waals surface area contributed by atoms with Crippen LogP contribution in [0.3, 0.4) is 0 Å². The van der Waals surface area contributed by atoms with Crippen molar-refractivity contribution in [3.05, 3.63) is 63.7 Å². The number of hydrogen-bond acceptors (Lipinski definition) is 5. The number of nitro groups is 1. The molecule has 6 nitrogen and oxygen atoms in total. The highest BCUT2D eigenvalue weighted by molar-refractivity contribution is 5.54. The van der Waals surface area contributed by atoms with Gasteiger partial charge in [-0.3, -0.25) is 10.1 Å². The topological polar surface area (TPSA) is 70.8 Å². The van der Waals surface area contributed by atoms with Crippen molar-refractivity contribution in [3.63, 3.8) is 0 Å². The fourth-order valence-electron chi connectivity index (χ4n) is 2.10. The second-order valence-electron chi connectivity index (χ2n) is 4.80. The molecule has 0 bridgehead atoms. The number of ether oxygens (including phenoxy) is 3. The van der Waals surface area contributed by atoms with Crippen molar-refractivity contribution < 1.29 is 19.1 Å². The lowest BCUT2D eigenvalue weighted by Gasteiger charge is -2.13. The normalized spacial score (nSPS) is 10.3. The highest BCUT2D eigenvalue weighted by Gasteiger charge is 2.20. The quantitative estimate of drug-likeness (QED) is 0.548. The molecule has 0 aliphatic rings. The van der Waals surface area contributed by atoms with E-state index < -0.39 is 4.92 Å². The van der Waals surface area contributed by atoms with Crippen LogP contribution in [0.25, 0.3) is 0 Å². The third kappa shape index (κ3) is 4.43. The summed E-state index contributed by atoms with van der Waals surface area (Å²) in [6.45, 7) is 2.77. The molecule has 0 fully saturated rings. The van der Waals surface area contributed by atoms with E-state index in [4.69, 9.17) is 14.2 Å². The molecule has 0 aliphatic carbocycles. The van der Waals surface area contributed by atoms with Gasteiger partial charge in [-0.05, 0) is 18.6 Å². The molecule has 0 aromatic heterocycles. The number of benzene rings is 2. The first-order valence-electron chi connectivity index (χ1n) is 7.25. The van der Waals surface area contributed by atoms with E-state index >= 15 is 0 Å². The van der Waals surface area contributed by atoms with E-state index in [-0.39, 0.29) is 12.3 Å². The van der Waals surface area contributed by atoms with Crippen molar-refractivity contribution in [1.82, 2.24) is 0 Å². The third-order valence-corrected chi connectivity index (χ3v) is 3.26. The van der Waals surface area contributed by atoms with Crippen molar-refractivity contribution in [1.29, 1.82) is 0 Å². The number of nitrogens with zero attached hydrogens (tertiary/aromatic N) is 1. The molecule has 0 amide bonds. The summed E-state index contributed by atoms with van der Waals surface area (Å²) in [6, 6.07) is 12.5. The van der Waals surface area contributed by atoms with Gasteiger partial charge in [-0.2, -0.15) is 0 Å². The molecule has 6 heteroatoms. The molecule has 0 radical (unpaired) electrons. The molecule has 2 rings (SSSR count). The maximum atomic E-state index is 11.3. The van der Waals surface area contributed by atoms with Crippen molar-refractivity contribution in [3.8, 4) is 11.5 Å². The second-order valence-corrected chi connectivity index (χ2v) is 4.80. The molecular formula is C17H19NO5. The third-order valence-electron chi connectivity index (χ3n) is 3.26. The van der Waals surface area contributed by atoms with Gasteiger partial charge in [0.15, 0.2) is 11.5 Å². The van der Waals surface area contributed by atoms with Crippen LogP contribution < -0.4 is 9.47 Å². The van der Waals surface area contributed by atoms with E-state index in [2.05, 4.69) is 0 Å². The van der Waals surface area contributed by atoms with Crippen molar-refractivity contribution in [2.75, 3.05) is 13.7 Å². The maximum Gasteiger partial charge on any atom is 0.278 e. The predicted molar refractivity (Wildman–Crippen MR) is 85.8 cm³/mol. The monoisotopic (exact) mass is 317 g/mol. The molecule has 0 N–H and O–H groups in total. The van der Waals surface area contributed by atoms with E-state index in [1.807, 2.05) is 37.3 Å². The van der Waals surface area contributed by atoms with Crippen LogP contribution in [0.1, 0.15) is 18.1 Å². The average molecular weight is 317 g/mol. The minimum absolute atomic E-state index is 0.0395. The summed E-state index contributed by atoms with van der Waals surface area (Å²) >= 11 is 0. The summed E-state index contributed by atoms with van der Waals surface area (Å²) in [5.74, 6) is 0.782. The van der Waals surface area contributed by atoms with E-state index in [1.54, 1.807) is 6.07 Å². The molecule has 0 spiro atoms. The van der Waals surface area contributed by atoms with Gasteiger partial charge in [-0.25, -0.2) is 0 Å². The van der Waals surface area contributed by atoms with Crippen LogP contribution >= 0.6 is 0 Å². The minimum Gasteiger partial charge on any atom is -0.493 e. The Morgan fingerprint density at radius 1 is 1.09 bits per heavy atom. The Bertz CT molecular complexity index is 658. The number of nitro benzene ring substituents is 1. The van der Waals surface area contributed by atoms with Gasteiger partial charge in [0.05, 0.1) is 30.3 Å². The molecule has 122 valence electrons. The molecule has 0 atom stereocenters. The zero-order valence-corrected chi connectivity index (χ0v) is 13.2. The Hall–Kier alpha value is -2.60. The first kappa shape index (κ1) is 16.8. The van der Waals surface area contributed by atoms with Crippen LogP contribution in [0.2, 0.25) is 0 Å². The van der Waals surface area contributed by atoms with Gasteiger partial charge < -0.3 is 14.2 Å². The number of methoxy groups -OCH3 is 1. The predicted octanol–water partition coefficient (Wildman–Crippen LogP) is 3.72. The van der Waals surface area contributed by atoms with Crippen LogP contribution in [0.15, 0.2) is 42.5 Å². The molecule has 0 saturated carbocycles. The Balaban J connectivity index is 2.27. The first-order chi connectivity index (χ1) is 11.2. The summed E-state index contributed by atoms with van der Waals surface area (Å²) in [7, 11) is 1.50. The van der Waals surface area contributed by atoms with Gasteiger partial charge in [-0.15, -0.1) is 0 Å². The van der Waals surface area contributed by atoms with Crippen LogP contribution in [-0.4, -0.2) is 18.6 Å². The molecule has 0 unspecified atom stereocenters. The number of rotatable bonds is 8. The Kier molecular flexibility index (Phi) is 5.94. The zero-order valence-electron chi connectivity index (χ0n) is 13.2. The molecule has 0 aliphatic heterocycles. The lowest BCUT2D eigenvalue weighted by Crippen LogP contribution is -2.03. The molecule has 2 aromatic carbocycles. The standard InChI is InChI=1S/C17H19NO5/c1-3-22-12-14-9-16(21-2)17(10-15(14)18(19)20)23-11-13-7-5-4-6-8-13/h4-10H,3,11-12H2,1-2H3. The minimum atomic E-state index is -0.441. The van der Waals surface area contributed by atoms with E-state index in [9.17, 15) is 10.1 Å². The Labute approximate surface area is 134 Å². The van der Waals surface area contributed by atoms with Crippen LogP contribution in [0, 0.1) is 10.1 Å². The second kappa shape index (κ2) is 8.14. The Morgan fingerprint density at radius 2 is 1.83 bits per heavy atom. The summed E-state index contributed by atoms with van der Waals surface area (Å²) in [5, 5.41) is 11.3. The SMILES string of the molecule is CCOCc1cc(OC)c(OCc2ccccc2)cc1[N+](=O)[O-]. The molecule has 0 heterocycles. The Morgan fingerprint density at radius 3 is 2.43 bits per heavy atom. The molecular weight excluding hydrogens is 298 g/mol. The maximum absolute atomic E-state index is 11.3. The van der Waals surface area contributed by atoms with E-state index in [0.29, 0.717) is 30.3 Å². The van der Waals surface area contributed by atoms with Crippen molar-refractivity contribution in [2.45, 2.75) is 20.1 Å². The van der Waals surface area contributed by atoms with Gasteiger partial charge in [0.1, 0.15) is 6.61 Å². The summed E-state index contributed by atoms with van der Waals surface area (Å²) < 4.78 is 16.3. The fraction of sp³-hybridized carbons (Fsp3) is 0.294. The largest absolute Gasteiger partial charge is 0.493 e. The highest BCUT2D eigenvalue weighted by atomic mass is 16.6. The van der Waals surface area contributed by atoms with Crippen LogP contribution in [0.5, 0.6) is 11.5 Å². The summed E-state index contributed by atoms with van der Waals surface area (Å²) in [6.07, 6.45) is 0. The first-order valence-corrected chi connectivity index (χ1v) is 7.25. The lowest BCUT2D eigenvalue weighted by atomic mass is 10.1. The van der Waals surface area contributed by atoms with Gasteiger partial charge in [0.25, 0.3) is 5.69 Å². The van der Waals surface area contributed by atoms with Crippen molar-refractivity contribution in [2.24, 2.45) is 0 Å². The molecule has 2 aromatic rings. The van der Waals surface area contributed by atoms with E-state index in [0.717, 1.165) is 5.56 Å². The zero-order chi connectivity index (χ0) is 16.7. The van der Waals surface area contributed by atoms with E-state index in [1.165, 1.54) is 13.2 Å². The van der Waals surface area contributed by atoms with Gasteiger partial charge in [-0.1, -0.05) is 30.3 Å². The highest BCUT2D eigenvalue weighted by Crippen LogP contribution is 2.35. The summed E-state index contributed by atoms with van der Waals surface area (Å²) in [4.78, 5) is 10.8. The van der Waals surface area contributed by atoms with Crippen molar-refractivity contribution >= 4 is 5.69 Å². The van der Waals surface area contributed by atoms with Gasteiger partial charge >= 0.3 is 0 Å². The smallest absolute Gasteiger partial charge is 0.278 e. The lowest BCUT2D eigenvalue weighted by molar-refractivity contribution is -0.386. The average Bonchev–Trinajstić information content (AvgIpc) is 2.58. The van der Waals surface area contributed by atoms with Crippen LogP contribution in [-0.2, 0) is 18.0 Å². The number of hydrogen-bond donors (Lipinski definition) is 0. The van der Waals surface area contributed by atoms with Gasteiger partial charge in [0.2, 0.25) is 0 Å². The molecule has 23 heavy (non-hydrogen) atoms. The fourth-order valence-corrected chi connectivity index (χ4v) is 2.10. The molecule has 0 saturated heterocycles. The summed E-state index contributed by atoms with van der Waals surface area (Å²) in [5.41, 5.74) is 1.39. The van der Waals surface area contributed by atoms with Gasteiger partial charge in [0, 0.05) is 6.61 Å².